The molecule has 0 spiro atoms. The zero-order chi connectivity index (χ0) is 11.3. The molecule has 1 radical (unpaired) electrons. The van der Waals surface area contributed by atoms with Crippen LogP contribution in [0.5, 0.6) is 0 Å². The van der Waals surface area contributed by atoms with E-state index >= 15 is 0 Å². The maximum absolute atomic E-state index is 11.7. The molecule has 0 bridgehead atoms. The minimum atomic E-state index is -0.911. The highest BCUT2D eigenvalue weighted by Gasteiger charge is 2.29. The second kappa shape index (κ2) is 4.77. The zero-order valence-corrected chi connectivity index (χ0v) is 8.62. The van der Waals surface area contributed by atoms with Crippen LogP contribution >= 0.6 is 0 Å². The highest BCUT2D eigenvalue weighted by atomic mass is 16.4. The van der Waals surface area contributed by atoms with Crippen molar-refractivity contribution in [1.29, 1.82) is 0 Å². The predicted molar refractivity (Wildman–Crippen MR) is 54.9 cm³/mol. The van der Waals surface area contributed by atoms with Gasteiger partial charge in [-0.25, -0.2) is 0 Å². The Kier molecular flexibility index (Phi) is 3.66. The van der Waals surface area contributed by atoms with Gasteiger partial charge in [-0.15, -0.1) is 0 Å². The lowest BCUT2D eigenvalue weighted by molar-refractivity contribution is -0.137. The minimum absolute atomic E-state index is 0.0505. The summed E-state index contributed by atoms with van der Waals surface area (Å²) in [5.74, 6) is -1.06. The molecule has 15 heavy (non-hydrogen) atoms. The molecule has 1 rings (SSSR count). The maximum Gasteiger partial charge on any atom is 0.305 e. The van der Waals surface area contributed by atoms with E-state index in [1.54, 1.807) is 25.2 Å². The molecule has 81 valence electrons. The Morgan fingerprint density at radius 1 is 1.60 bits per heavy atom. The molecule has 0 aliphatic heterocycles. The van der Waals surface area contributed by atoms with Gasteiger partial charge in [0.15, 0.2) is 0 Å². The van der Waals surface area contributed by atoms with E-state index in [-0.39, 0.29) is 18.9 Å². The molecular weight excluding hydrogens is 194 g/mol. The molecule has 0 aromatic rings. The number of amides is 1. The van der Waals surface area contributed by atoms with Crippen LogP contribution in [0.15, 0.2) is 18.2 Å². The molecule has 0 saturated heterocycles. The smallest absolute Gasteiger partial charge is 0.305 e. The minimum Gasteiger partial charge on any atom is -0.481 e. The van der Waals surface area contributed by atoms with Gasteiger partial charge in [0.25, 0.3) is 0 Å². The van der Waals surface area contributed by atoms with Crippen LogP contribution in [0.25, 0.3) is 0 Å². The van der Waals surface area contributed by atoms with E-state index in [0.717, 1.165) is 0 Å². The summed E-state index contributed by atoms with van der Waals surface area (Å²) in [6.45, 7) is 1.97. The molecule has 0 saturated carbocycles. The van der Waals surface area contributed by atoms with Crippen LogP contribution in [0.1, 0.15) is 19.8 Å². The van der Waals surface area contributed by atoms with Crippen molar-refractivity contribution < 1.29 is 14.7 Å². The number of carboxylic acids is 1. The van der Waals surface area contributed by atoms with Gasteiger partial charge in [-0.3, -0.25) is 9.59 Å². The quantitative estimate of drug-likeness (QED) is 0.721. The number of carbonyl (C=O) groups excluding carboxylic acids is 1. The highest BCUT2D eigenvalue weighted by Crippen LogP contribution is 2.26. The number of carboxylic acid groups (broad SMARTS) is 1. The Morgan fingerprint density at radius 2 is 2.33 bits per heavy atom. The van der Waals surface area contributed by atoms with E-state index in [1.807, 2.05) is 0 Å². The number of aliphatic carboxylic acids is 1. The van der Waals surface area contributed by atoms with Crippen molar-refractivity contribution in [2.24, 2.45) is 5.41 Å². The lowest BCUT2D eigenvalue weighted by atomic mass is 9.83. The molecule has 1 aliphatic rings. The first-order valence-electron chi connectivity index (χ1n) is 4.79. The van der Waals surface area contributed by atoms with Gasteiger partial charge in [-0.1, -0.05) is 18.2 Å². The number of rotatable bonds is 4. The highest BCUT2D eigenvalue weighted by molar-refractivity contribution is 5.85. The van der Waals surface area contributed by atoms with E-state index in [9.17, 15) is 9.59 Å². The van der Waals surface area contributed by atoms with Crippen molar-refractivity contribution in [2.75, 3.05) is 6.54 Å². The Balaban J connectivity index is 2.43. The summed E-state index contributed by atoms with van der Waals surface area (Å²) in [6, 6.07) is 0. The van der Waals surface area contributed by atoms with E-state index in [1.165, 1.54) is 0 Å². The van der Waals surface area contributed by atoms with Crippen molar-refractivity contribution in [1.82, 2.24) is 5.32 Å². The van der Waals surface area contributed by atoms with E-state index < -0.39 is 11.4 Å². The first-order valence-corrected chi connectivity index (χ1v) is 4.79. The van der Waals surface area contributed by atoms with Gasteiger partial charge < -0.3 is 10.4 Å². The summed E-state index contributed by atoms with van der Waals surface area (Å²) in [7, 11) is 0. The fourth-order valence-electron chi connectivity index (χ4n) is 1.30. The predicted octanol–water partition coefficient (Wildman–Crippen LogP) is 0.903. The fraction of sp³-hybridized carbons (Fsp3) is 0.455. The molecule has 1 amide bonds. The summed E-state index contributed by atoms with van der Waals surface area (Å²) >= 11 is 0. The molecule has 1 atom stereocenters. The zero-order valence-electron chi connectivity index (χ0n) is 8.62. The fourth-order valence-corrected chi connectivity index (χ4v) is 1.30. The summed E-state index contributed by atoms with van der Waals surface area (Å²) in [5.41, 5.74) is -0.590. The standard InChI is InChI=1S/C11H14NO3/c1-11(6-3-2-4-7-11)10(15)12-8-5-9(13)14/h2-3,6H,5,7-8H2,1H3,(H,12,15)(H,13,14). The van der Waals surface area contributed by atoms with E-state index in [4.69, 9.17) is 5.11 Å². The Labute approximate surface area is 88.7 Å². The van der Waals surface area contributed by atoms with Gasteiger partial charge in [0.1, 0.15) is 0 Å². The average molecular weight is 208 g/mol. The van der Waals surface area contributed by atoms with Crippen LogP contribution in [0.3, 0.4) is 0 Å². The van der Waals surface area contributed by atoms with Crippen LogP contribution in [0.2, 0.25) is 0 Å². The van der Waals surface area contributed by atoms with Gasteiger partial charge in [0.2, 0.25) is 5.91 Å². The summed E-state index contributed by atoms with van der Waals surface area (Å²) in [5, 5.41) is 11.0. The second-order valence-electron chi connectivity index (χ2n) is 3.72. The Morgan fingerprint density at radius 3 is 2.87 bits per heavy atom. The molecule has 2 N–H and O–H groups in total. The molecule has 1 unspecified atom stereocenters. The molecular formula is C11H14NO3. The molecule has 0 aromatic carbocycles. The van der Waals surface area contributed by atoms with Gasteiger partial charge in [-0.2, -0.15) is 0 Å². The van der Waals surface area contributed by atoms with Crippen LogP contribution in [-0.4, -0.2) is 23.5 Å². The van der Waals surface area contributed by atoms with Gasteiger partial charge >= 0.3 is 5.97 Å². The average Bonchev–Trinajstić information content (AvgIpc) is 2.18. The van der Waals surface area contributed by atoms with Crippen molar-refractivity contribution in [3.63, 3.8) is 0 Å². The lowest BCUT2D eigenvalue weighted by Crippen LogP contribution is -2.38. The number of nitrogens with one attached hydrogen (secondary N) is 1. The SMILES string of the molecule is CC1(C(=O)NCCC(=O)O)C=CC=[C]C1. The van der Waals surface area contributed by atoms with Crippen molar-refractivity contribution in [3.05, 3.63) is 24.3 Å². The molecule has 0 heterocycles. The monoisotopic (exact) mass is 208 g/mol. The van der Waals surface area contributed by atoms with Crippen LogP contribution in [0.4, 0.5) is 0 Å². The third kappa shape index (κ3) is 3.23. The van der Waals surface area contributed by atoms with Gasteiger partial charge in [0.05, 0.1) is 11.8 Å². The van der Waals surface area contributed by atoms with Crippen LogP contribution < -0.4 is 5.32 Å². The third-order valence-electron chi connectivity index (χ3n) is 2.29. The molecule has 4 heteroatoms. The topological polar surface area (TPSA) is 66.4 Å². The van der Waals surface area contributed by atoms with Crippen LogP contribution in [0, 0.1) is 11.5 Å². The van der Waals surface area contributed by atoms with Crippen LogP contribution in [-0.2, 0) is 9.59 Å². The normalized spacial score (nSPS) is 23.8. The van der Waals surface area contributed by atoms with Crippen molar-refractivity contribution in [2.45, 2.75) is 19.8 Å². The largest absolute Gasteiger partial charge is 0.481 e. The van der Waals surface area contributed by atoms with Gasteiger partial charge in [0, 0.05) is 6.54 Å². The summed E-state index contributed by atoms with van der Waals surface area (Å²) in [6.07, 6.45) is 8.80. The first-order chi connectivity index (χ1) is 7.04. The van der Waals surface area contributed by atoms with Crippen molar-refractivity contribution >= 4 is 11.9 Å². The third-order valence-corrected chi connectivity index (χ3v) is 2.29. The van der Waals surface area contributed by atoms with Crippen molar-refractivity contribution in [3.8, 4) is 0 Å². The maximum atomic E-state index is 11.7. The molecule has 0 aromatic heterocycles. The molecule has 1 aliphatic carbocycles. The number of hydrogen-bond acceptors (Lipinski definition) is 2. The number of allylic oxidation sites excluding steroid dienone is 3. The summed E-state index contributed by atoms with van der Waals surface area (Å²) in [4.78, 5) is 21.9. The lowest BCUT2D eigenvalue weighted by Gasteiger charge is -2.24. The van der Waals surface area contributed by atoms with E-state index in [2.05, 4.69) is 11.4 Å². The Hall–Kier alpha value is -1.58. The Bertz CT molecular complexity index is 320. The van der Waals surface area contributed by atoms with Gasteiger partial charge in [-0.05, 0) is 19.4 Å². The second-order valence-corrected chi connectivity index (χ2v) is 3.72. The number of hydrogen-bond donors (Lipinski definition) is 2. The molecule has 0 fully saturated rings. The first kappa shape index (κ1) is 11.5. The summed E-state index contributed by atoms with van der Waals surface area (Å²) < 4.78 is 0. The molecule has 4 nitrogen and oxygen atoms in total. The van der Waals surface area contributed by atoms with E-state index in [0.29, 0.717) is 6.42 Å². The number of carbonyl (C=O) groups is 2.